The fraction of sp³-hybridized carbons (Fsp3) is 0.200. The first kappa shape index (κ1) is 11.0. The third-order valence-electron chi connectivity index (χ3n) is 1.72. The molecule has 1 aromatic rings. The zero-order valence-corrected chi connectivity index (χ0v) is 8.06. The number of carbonyl (C=O) groups excluding carboxylic acids is 1. The summed E-state index contributed by atoms with van der Waals surface area (Å²) in [5.41, 5.74) is 0.563. The Morgan fingerprint density at radius 2 is 1.67 bits per heavy atom. The van der Waals surface area contributed by atoms with Crippen molar-refractivity contribution in [1.29, 1.82) is 0 Å². The van der Waals surface area contributed by atoms with Crippen LogP contribution in [0.2, 0.25) is 0 Å². The van der Waals surface area contributed by atoms with Crippen LogP contribution >= 0.6 is 0 Å². The van der Waals surface area contributed by atoms with Crippen molar-refractivity contribution in [2.45, 2.75) is 0 Å². The first-order valence-electron chi connectivity index (χ1n) is 4.50. The van der Waals surface area contributed by atoms with E-state index in [0.29, 0.717) is 5.56 Å². The van der Waals surface area contributed by atoms with E-state index >= 15 is 0 Å². The molecule has 5 heteroatoms. The molecule has 0 saturated carbocycles. The summed E-state index contributed by atoms with van der Waals surface area (Å²) < 4.78 is 0. The molecule has 80 valence electrons. The molecular formula is C10H12N2O3. The Morgan fingerprint density at radius 3 is 2.27 bits per heavy atom. The minimum absolute atomic E-state index is 0.202. The summed E-state index contributed by atoms with van der Waals surface area (Å²) in [6.07, 6.45) is -1.09. The van der Waals surface area contributed by atoms with Crippen LogP contribution in [-0.4, -0.2) is 30.2 Å². The van der Waals surface area contributed by atoms with Gasteiger partial charge in [0.2, 0.25) is 0 Å². The lowest BCUT2D eigenvalue weighted by atomic mass is 10.2. The Labute approximate surface area is 87.1 Å². The number of nitrogens with one attached hydrogen (secondary N) is 2. The first-order valence-corrected chi connectivity index (χ1v) is 4.50. The van der Waals surface area contributed by atoms with Gasteiger partial charge in [0, 0.05) is 18.7 Å². The molecule has 0 fully saturated rings. The van der Waals surface area contributed by atoms with Gasteiger partial charge in [-0.2, -0.15) is 0 Å². The molecule has 5 nitrogen and oxygen atoms in total. The predicted octanol–water partition coefficient (Wildman–Crippen LogP) is 0.684. The van der Waals surface area contributed by atoms with Crippen molar-refractivity contribution in [2.75, 3.05) is 13.1 Å². The summed E-state index contributed by atoms with van der Waals surface area (Å²) in [6, 6.07) is 8.75. The molecule has 1 aromatic carbocycles. The van der Waals surface area contributed by atoms with Crippen LogP contribution in [-0.2, 0) is 0 Å². The van der Waals surface area contributed by atoms with Crippen LogP contribution in [0, 0.1) is 0 Å². The van der Waals surface area contributed by atoms with Crippen molar-refractivity contribution in [3.8, 4) is 0 Å². The van der Waals surface area contributed by atoms with Gasteiger partial charge in [0.25, 0.3) is 5.91 Å². The van der Waals surface area contributed by atoms with Crippen LogP contribution in [0.15, 0.2) is 30.3 Å². The van der Waals surface area contributed by atoms with Crippen molar-refractivity contribution in [3.63, 3.8) is 0 Å². The lowest BCUT2D eigenvalue weighted by Gasteiger charge is -2.04. The largest absolute Gasteiger partial charge is 0.465 e. The molecule has 0 radical (unpaired) electrons. The molecule has 0 spiro atoms. The molecule has 0 aromatic heterocycles. The van der Waals surface area contributed by atoms with E-state index in [1.807, 2.05) is 6.07 Å². The van der Waals surface area contributed by atoms with Crippen LogP contribution in [0.25, 0.3) is 0 Å². The zero-order valence-electron chi connectivity index (χ0n) is 8.06. The zero-order chi connectivity index (χ0) is 11.1. The van der Waals surface area contributed by atoms with Gasteiger partial charge in [-0.25, -0.2) is 4.79 Å². The Balaban J connectivity index is 2.28. The standard InChI is InChI=1S/C10H12N2O3/c13-9(8-4-2-1-3-5-8)11-6-7-12-10(14)15/h1-5,12H,6-7H2,(H,11,13)(H,14,15). The summed E-state index contributed by atoms with van der Waals surface area (Å²) in [5, 5.41) is 13.0. The molecule has 0 atom stereocenters. The number of benzene rings is 1. The normalized spacial score (nSPS) is 9.33. The van der Waals surface area contributed by atoms with Crippen LogP contribution < -0.4 is 10.6 Å². The number of carbonyl (C=O) groups is 2. The van der Waals surface area contributed by atoms with Gasteiger partial charge in [-0.05, 0) is 12.1 Å². The molecule has 15 heavy (non-hydrogen) atoms. The first-order chi connectivity index (χ1) is 7.20. The number of hydrogen-bond donors (Lipinski definition) is 3. The fourth-order valence-corrected chi connectivity index (χ4v) is 1.04. The highest BCUT2D eigenvalue weighted by Gasteiger charge is 2.02. The fourth-order valence-electron chi connectivity index (χ4n) is 1.04. The average Bonchev–Trinajstić information content (AvgIpc) is 2.25. The van der Waals surface area contributed by atoms with Crippen molar-refractivity contribution in [3.05, 3.63) is 35.9 Å². The third-order valence-corrected chi connectivity index (χ3v) is 1.72. The minimum atomic E-state index is -1.09. The highest BCUT2D eigenvalue weighted by atomic mass is 16.4. The van der Waals surface area contributed by atoms with Gasteiger partial charge in [-0.15, -0.1) is 0 Å². The van der Waals surface area contributed by atoms with E-state index in [1.54, 1.807) is 24.3 Å². The third kappa shape index (κ3) is 4.12. The molecule has 0 aliphatic carbocycles. The summed E-state index contributed by atoms with van der Waals surface area (Å²) in [4.78, 5) is 21.5. The molecule has 0 bridgehead atoms. The second-order valence-electron chi connectivity index (χ2n) is 2.85. The summed E-state index contributed by atoms with van der Waals surface area (Å²) in [7, 11) is 0. The van der Waals surface area contributed by atoms with E-state index in [2.05, 4.69) is 10.6 Å². The van der Waals surface area contributed by atoms with Crippen LogP contribution in [0.3, 0.4) is 0 Å². The Hall–Kier alpha value is -2.04. The Morgan fingerprint density at radius 1 is 1.07 bits per heavy atom. The quantitative estimate of drug-likeness (QED) is 0.637. The Bertz CT molecular complexity index is 338. The number of amides is 2. The highest BCUT2D eigenvalue weighted by Crippen LogP contribution is 1.96. The van der Waals surface area contributed by atoms with Crippen LogP contribution in [0.4, 0.5) is 4.79 Å². The van der Waals surface area contributed by atoms with Crippen molar-refractivity contribution in [2.24, 2.45) is 0 Å². The van der Waals surface area contributed by atoms with Gasteiger partial charge in [-0.3, -0.25) is 4.79 Å². The predicted molar refractivity (Wildman–Crippen MR) is 54.8 cm³/mol. The molecular weight excluding hydrogens is 196 g/mol. The van der Waals surface area contributed by atoms with Crippen molar-refractivity contribution >= 4 is 12.0 Å². The second kappa shape index (κ2) is 5.64. The minimum Gasteiger partial charge on any atom is -0.465 e. The van der Waals surface area contributed by atoms with E-state index in [0.717, 1.165) is 0 Å². The van der Waals surface area contributed by atoms with Gasteiger partial charge >= 0.3 is 6.09 Å². The molecule has 1 rings (SSSR count). The maximum atomic E-state index is 11.4. The maximum absolute atomic E-state index is 11.4. The van der Waals surface area contributed by atoms with Crippen LogP contribution in [0.5, 0.6) is 0 Å². The van der Waals surface area contributed by atoms with Crippen molar-refractivity contribution in [1.82, 2.24) is 10.6 Å². The van der Waals surface area contributed by atoms with E-state index in [1.165, 1.54) is 0 Å². The van der Waals surface area contributed by atoms with E-state index in [4.69, 9.17) is 5.11 Å². The number of carboxylic acid groups (broad SMARTS) is 1. The second-order valence-corrected chi connectivity index (χ2v) is 2.85. The summed E-state index contributed by atoms with van der Waals surface area (Å²) in [5.74, 6) is -0.206. The van der Waals surface area contributed by atoms with Gasteiger partial charge in [0.05, 0.1) is 0 Å². The van der Waals surface area contributed by atoms with Gasteiger partial charge < -0.3 is 15.7 Å². The Kier molecular flexibility index (Phi) is 4.15. The lowest BCUT2D eigenvalue weighted by Crippen LogP contribution is -2.33. The molecule has 2 amide bonds. The molecule has 0 saturated heterocycles. The summed E-state index contributed by atoms with van der Waals surface area (Å²) >= 11 is 0. The summed E-state index contributed by atoms with van der Waals surface area (Å²) in [6.45, 7) is 0.480. The van der Waals surface area contributed by atoms with E-state index in [9.17, 15) is 9.59 Å². The van der Waals surface area contributed by atoms with Gasteiger partial charge in [-0.1, -0.05) is 18.2 Å². The van der Waals surface area contributed by atoms with E-state index < -0.39 is 6.09 Å². The molecule has 0 aliphatic rings. The molecule has 0 heterocycles. The van der Waals surface area contributed by atoms with Gasteiger partial charge in [0.1, 0.15) is 0 Å². The smallest absolute Gasteiger partial charge is 0.404 e. The van der Waals surface area contributed by atoms with E-state index in [-0.39, 0.29) is 19.0 Å². The topological polar surface area (TPSA) is 78.4 Å². The average molecular weight is 208 g/mol. The number of rotatable bonds is 4. The monoisotopic (exact) mass is 208 g/mol. The van der Waals surface area contributed by atoms with Gasteiger partial charge in [0.15, 0.2) is 0 Å². The molecule has 3 N–H and O–H groups in total. The van der Waals surface area contributed by atoms with Crippen molar-refractivity contribution < 1.29 is 14.7 Å². The lowest BCUT2D eigenvalue weighted by molar-refractivity contribution is 0.0953. The molecule has 0 unspecified atom stereocenters. The highest BCUT2D eigenvalue weighted by molar-refractivity contribution is 5.94. The molecule has 0 aliphatic heterocycles. The number of hydrogen-bond acceptors (Lipinski definition) is 2. The maximum Gasteiger partial charge on any atom is 0.404 e. The van der Waals surface area contributed by atoms with Crippen LogP contribution in [0.1, 0.15) is 10.4 Å². The SMILES string of the molecule is O=C(O)NCCNC(=O)c1ccccc1.